The average molecular weight is 366 g/mol. The number of para-hydroxylation sites is 3. The van der Waals surface area contributed by atoms with Gasteiger partial charge in [-0.15, -0.1) is 11.3 Å². The van der Waals surface area contributed by atoms with Crippen molar-refractivity contribution in [1.29, 1.82) is 0 Å². The number of nitrogens with one attached hydrogen (secondary N) is 1. The fraction of sp³-hybridized carbons (Fsp3) is 0.300. The van der Waals surface area contributed by atoms with Crippen molar-refractivity contribution in [1.82, 2.24) is 9.88 Å². The summed E-state index contributed by atoms with van der Waals surface area (Å²) in [6.45, 7) is 0.760. The molecule has 26 heavy (non-hydrogen) atoms. The van der Waals surface area contributed by atoms with Gasteiger partial charge < -0.3 is 15.1 Å². The van der Waals surface area contributed by atoms with Crippen LogP contribution in [-0.2, 0) is 0 Å². The number of anilines is 2. The number of nitrogens with zero attached hydrogens (tertiary/aromatic N) is 3. The molecule has 0 bridgehead atoms. The van der Waals surface area contributed by atoms with Crippen molar-refractivity contribution in [3.05, 3.63) is 53.5 Å². The normalized spacial score (nSPS) is 16.8. The summed E-state index contributed by atoms with van der Waals surface area (Å²) >= 11 is 1.69. The van der Waals surface area contributed by atoms with E-state index in [1.54, 1.807) is 11.3 Å². The predicted octanol–water partition coefficient (Wildman–Crippen LogP) is 4.73. The van der Waals surface area contributed by atoms with Gasteiger partial charge in [-0.25, -0.2) is 9.78 Å². The molecule has 1 aromatic heterocycles. The van der Waals surface area contributed by atoms with Gasteiger partial charge in [0.2, 0.25) is 0 Å². The largest absolute Gasteiger partial charge is 0.376 e. The smallest absolute Gasteiger partial charge is 0.322 e. The van der Waals surface area contributed by atoms with Gasteiger partial charge in [-0.1, -0.05) is 24.3 Å². The number of aromatic nitrogens is 1. The van der Waals surface area contributed by atoms with Crippen molar-refractivity contribution in [2.75, 3.05) is 30.9 Å². The molecule has 1 fully saturated rings. The third-order valence-electron chi connectivity index (χ3n) is 4.74. The molecule has 4 rings (SSSR count). The van der Waals surface area contributed by atoms with E-state index in [9.17, 15) is 4.79 Å². The molecule has 2 heterocycles. The Hall–Kier alpha value is -2.60. The zero-order valence-corrected chi connectivity index (χ0v) is 15.8. The number of carbonyl (C=O) groups excluding carboxylic acids is 1. The van der Waals surface area contributed by atoms with E-state index in [0.29, 0.717) is 0 Å². The number of likely N-dealkylation sites (tertiary alicyclic amines) is 1. The van der Waals surface area contributed by atoms with E-state index in [4.69, 9.17) is 4.98 Å². The first-order valence-electron chi connectivity index (χ1n) is 8.83. The molecule has 0 spiro atoms. The second-order valence-corrected chi connectivity index (χ2v) is 7.78. The maximum Gasteiger partial charge on any atom is 0.322 e. The van der Waals surface area contributed by atoms with Crippen LogP contribution in [0.1, 0.15) is 23.9 Å². The van der Waals surface area contributed by atoms with E-state index < -0.39 is 0 Å². The summed E-state index contributed by atoms with van der Waals surface area (Å²) in [5, 5.41) is 4.12. The lowest BCUT2D eigenvalue weighted by atomic mass is 10.2. The van der Waals surface area contributed by atoms with Crippen LogP contribution in [0.25, 0.3) is 10.2 Å². The lowest BCUT2D eigenvalue weighted by Crippen LogP contribution is -2.34. The third kappa shape index (κ3) is 3.12. The van der Waals surface area contributed by atoms with Crippen molar-refractivity contribution in [3.63, 3.8) is 0 Å². The monoisotopic (exact) mass is 366 g/mol. The van der Waals surface area contributed by atoms with Gasteiger partial charge in [-0.2, -0.15) is 0 Å². The minimum atomic E-state index is -0.0546. The number of amides is 2. The molecule has 2 aromatic carbocycles. The van der Waals surface area contributed by atoms with Crippen LogP contribution >= 0.6 is 11.3 Å². The zero-order chi connectivity index (χ0) is 18.1. The van der Waals surface area contributed by atoms with Gasteiger partial charge in [-0.05, 0) is 37.1 Å². The molecular weight excluding hydrogens is 344 g/mol. The van der Waals surface area contributed by atoms with Crippen molar-refractivity contribution >= 4 is 39.0 Å². The zero-order valence-electron chi connectivity index (χ0n) is 15.0. The van der Waals surface area contributed by atoms with Gasteiger partial charge >= 0.3 is 6.03 Å². The summed E-state index contributed by atoms with van der Waals surface area (Å²) in [6, 6.07) is 16.0. The Morgan fingerprint density at radius 1 is 1.19 bits per heavy atom. The standard InChI is InChI=1S/C20H22N4OS/c1-23(2)16-10-5-3-8-14(16)22-20(25)24-13-7-11-17(24)19-21-15-9-4-6-12-18(15)26-19/h3-6,8-10,12,17H,7,11,13H2,1-2H3,(H,22,25). The quantitative estimate of drug-likeness (QED) is 0.729. The van der Waals surface area contributed by atoms with Gasteiger partial charge in [0.25, 0.3) is 0 Å². The molecule has 0 saturated carbocycles. The molecule has 6 heteroatoms. The number of fused-ring (bicyclic) bond motifs is 1. The molecule has 1 atom stereocenters. The molecule has 0 aliphatic carbocycles. The van der Waals surface area contributed by atoms with Gasteiger partial charge in [0.05, 0.1) is 27.6 Å². The Balaban J connectivity index is 1.57. The minimum absolute atomic E-state index is 0.0546. The highest BCUT2D eigenvalue weighted by Gasteiger charge is 2.32. The second kappa shape index (κ2) is 6.96. The van der Waals surface area contributed by atoms with Crippen LogP contribution in [0.2, 0.25) is 0 Å². The number of urea groups is 1. The van der Waals surface area contributed by atoms with E-state index in [0.717, 1.165) is 41.3 Å². The first-order chi connectivity index (χ1) is 12.6. The summed E-state index contributed by atoms with van der Waals surface area (Å²) in [5.41, 5.74) is 2.84. The number of hydrogen-bond donors (Lipinski definition) is 1. The molecule has 1 unspecified atom stereocenters. The van der Waals surface area contributed by atoms with Crippen molar-refractivity contribution in [3.8, 4) is 0 Å². The Labute approximate surface area is 157 Å². The molecular formula is C20H22N4OS. The lowest BCUT2D eigenvalue weighted by molar-refractivity contribution is 0.207. The summed E-state index contributed by atoms with van der Waals surface area (Å²) in [6.07, 6.45) is 1.96. The van der Waals surface area contributed by atoms with E-state index in [1.165, 1.54) is 4.70 Å². The first-order valence-corrected chi connectivity index (χ1v) is 9.64. The molecule has 1 saturated heterocycles. The fourth-order valence-electron chi connectivity index (χ4n) is 3.46. The Morgan fingerprint density at radius 3 is 2.77 bits per heavy atom. The van der Waals surface area contributed by atoms with Crippen molar-refractivity contribution in [2.24, 2.45) is 0 Å². The molecule has 1 N–H and O–H groups in total. The molecule has 1 aliphatic rings. The number of hydrogen-bond acceptors (Lipinski definition) is 4. The van der Waals surface area contributed by atoms with E-state index >= 15 is 0 Å². The number of thiazole rings is 1. The Bertz CT molecular complexity index is 903. The lowest BCUT2D eigenvalue weighted by Gasteiger charge is -2.25. The highest BCUT2D eigenvalue weighted by molar-refractivity contribution is 7.18. The van der Waals surface area contributed by atoms with E-state index in [2.05, 4.69) is 11.4 Å². The molecule has 5 nitrogen and oxygen atoms in total. The molecule has 2 amide bonds. The topological polar surface area (TPSA) is 48.5 Å². The first kappa shape index (κ1) is 16.8. The third-order valence-corrected chi connectivity index (χ3v) is 5.87. The highest BCUT2D eigenvalue weighted by atomic mass is 32.1. The number of benzene rings is 2. The fourth-order valence-corrected chi connectivity index (χ4v) is 4.57. The highest BCUT2D eigenvalue weighted by Crippen LogP contribution is 2.37. The van der Waals surface area contributed by atoms with Gasteiger partial charge in [0.1, 0.15) is 5.01 Å². The van der Waals surface area contributed by atoms with Gasteiger partial charge in [-0.3, -0.25) is 0 Å². The maximum absolute atomic E-state index is 13.0. The summed E-state index contributed by atoms with van der Waals surface area (Å²) in [7, 11) is 3.95. The van der Waals surface area contributed by atoms with Crippen LogP contribution < -0.4 is 10.2 Å². The SMILES string of the molecule is CN(C)c1ccccc1NC(=O)N1CCCC1c1nc2ccccc2s1. The Kier molecular flexibility index (Phi) is 4.51. The summed E-state index contributed by atoms with van der Waals surface area (Å²) in [5.74, 6) is 0. The van der Waals surface area contributed by atoms with Crippen LogP contribution in [0.15, 0.2) is 48.5 Å². The second-order valence-electron chi connectivity index (χ2n) is 6.71. The van der Waals surface area contributed by atoms with Crippen LogP contribution in [0, 0.1) is 0 Å². The van der Waals surface area contributed by atoms with Crippen LogP contribution in [-0.4, -0.2) is 36.6 Å². The van der Waals surface area contributed by atoms with Crippen LogP contribution in [0.5, 0.6) is 0 Å². The molecule has 0 radical (unpaired) electrons. The van der Waals surface area contributed by atoms with Gasteiger partial charge in [0.15, 0.2) is 0 Å². The van der Waals surface area contributed by atoms with Gasteiger partial charge in [0, 0.05) is 20.6 Å². The average Bonchev–Trinajstić information content (AvgIpc) is 3.28. The molecule has 1 aliphatic heterocycles. The summed E-state index contributed by atoms with van der Waals surface area (Å²) in [4.78, 5) is 21.7. The Morgan fingerprint density at radius 2 is 1.96 bits per heavy atom. The number of rotatable bonds is 3. The van der Waals surface area contributed by atoms with Crippen molar-refractivity contribution in [2.45, 2.75) is 18.9 Å². The van der Waals surface area contributed by atoms with E-state index in [1.807, 2.05) is 66.4 Å². The number of carbonyl (C=O) groups is 1. The maximum atomic E-state index is 13.0. The van der Waals surface area contributed by atoms with Crippen LogP contribution in [0.4, 0.5) is 16.2 Å². The molecule has 134 valence electrons. The van der Waals surface area contributed by atoms with Crippen LogP contribution in [0.3, 0.4) is 0 Å². The minimum Gasteiger partial charge on any atom is -0.376 e. The van der Waals surface area contributed by atoms with E-state index in [-0.39, 0.29) is 12.1 Å². The van der Waals surface area contributed by atoms with Crippen molar-refractivity contribution < 1.29 is 4.79 Å². The summed E-state index contributed by atoms with van der Waals surface area (Å²) < 4.78 is 1.17. The predicted molar refractivity (Wildman–Crippen MR) is 108 cm³/mol. The molecule has 3 aromatic rings.